The largest absolute Gasteiger partial charge is 0.311 e. The first kappa shape index (κ1) is 17.7. The maximum absolute atomic E-state index is 12.2. The van der Waals surface area contributed by atoms with Crippen LogP contribution in [0.25, 0.3) is 0 Å². The van der Waals surface area contributed by atoms with Crippen molar-refractivity contribution in [2.24, 2.45) is 0 Å². The molecule has 0 saturated heterocycles. The minimum Gasteiger partial charge on any atom is -0.311 e. The highest BCUT2D eigenvalue weighted by molar-refractivity contribution is 9.10. The van der Waals surface area contributed by atoms with Gasteiger partial charge < -0.3 is 4.90 Å². The number of sulfonamides is 1. The molecular formula is C16H17BrN2O3S. The standard InChI is InChI=1S/C16H17BrN2O3S/c1-13(20)19(15-7-5-6-14(17)12-15)11-10-18-23(21,22)16-8-3-2-4-9-16/h2-9,12,18H,10-11H2,1H3. The highest BCUT2D eigenvalue weighted by Crippen LogP contribution is 2.20. The summed E-state index contributed by atoms with van der Waals surface area (Å²) in [4.78, 5) is 13.5. The molecule has 122 valence electrons. The normalized spacial score (nSPS) is 11.2. The van der Waals surface area contributed by atoms with E-state index in [1.807, 2.05) is 18.2 Å². The van der Waals surface area contributed by atoms with Crippen molar-refractivity contribution in [2.75, 3.05) is 18.0 Å². The van der Waals surface area contributed by atoms with Crippen molar-refractivity contribution < 1.29 is 13.2 Å². The molecule has 5 nitrogen and oxygen atoms in total. The summed E-state index contributed by atoms with van der Waals surface area (Å²) >= 11 is 3.36. The molecule has 7 heteroatoms. The first-order chi connectivity index (χ1) is 10.9. The molecule has 0 spiro atoms. The third-order valence-electron chi connectivity index (χ3n) is 3.18. The molecule has 23 heavy (non-hydrogen) atoms. The lowest BCUT2D eigenvalue weighted by Gasteiger charge is -2.21. The van der Waals surface area contributed by atoms with Gasteiger partial charge in [-0.3, -0.25) is 4.79 Å². The predicted molar refractivity (Wildman–Crippen MR) is 93.8 cm³/mol. The molecule has 0 bridgehead atoms. The van der Waals surface area contributed by atoms with Crippen LogP contribution < -0.4 is 9.62 Å². The maximum atomic E-state index is 12.2. The number of amides is 1. The van der Waals surface area contributed by atoms with E-state index in [-0.39, 0.29) is 23.9 Å². The van der Waals surface area contributed by atoms with Crippen LogP contribution in [0.4, 0.5) is 5.69 Å². The van der Waals surface area contributed by atoms with Crippen LogP contribution in [0.3, 0.4) is 0 Å². The van der Waals surface area contributed by atoms with E-state index < -0.39 is 10.0 Å². The highest BCUT2D eigenvalue weighted by atomic mass is 79.9. The molecule has 0 fully saturated rings. The molecular weight excluding hydrogens is 380 g/mol. The van der Waals surface area contributed by atoms with Gasteiger partial charge >= 0.3 is 0 Å². The number of nitrogens with zero attached hydrogens (tertiary/aromatic N) is 1. The van der Waals surface area contributed by atoms with Crippen LogP contribution in [0.15, 0.2) is 64.0 Å². The topological polar surface area (TPSA) is 66.5 Å². The molecule has 1 amide bonds. The van der Waals surface area contributed by atoms with Gasteiger partial charge in [0.2, 0.25) is 15.9 Å². The van der Waals surface area contributed by atoms with Crippen LogP contribution in [0.2, 0.25) is 0 Å². The zero-order valence-corrected chi connectivity index (χ0v) is 15.0. The average Bonchev–Trinajstić information content (AvgIpc) is 2.52. The van der Waals surface area contributed by atoms with Crippen LogP contribution in [0, 0.1) is 0 Å². The Labute approximate surface area is 144 Å². The van der Waals surface area contributed by atoms with E-state index in [9.17, 15) is 13.2 Å². The van der Waals surface area contributed by atoms with Gasteiger partial charge in [0.1, 0.15) is 0 Å². The molecule has 2 rings (SSSR count). The molecule has 0 atom stereocenters. The summed E-state index contributed by atoms with van der Waals surface area (Å²) in [6.07, 6.45) is 0. The van der Waals surface area contributed by atoms with Gasteiger partial charge in [0, 0.05) is 30.2 Å². The van der Waals surface area contributed by atoms with Gasteiger partial charge in [0.15, 0.2) is 0 Å². The van der Waals surface area contributed by atoms with E-state index in [1.165, 1.54) is 24.0 Å². The summed E-state index contributed by atoms with van der Waals surface area (Å²) in [5, 5.41) is 0. The molecule has 0 aliphatic carbocycles. The van der Waals surface area contributed by atoms with Crippen molar-refractivity contribution in [1.82, 2.24) is 4.72 Å². The summed E-state index contributed by atoms with van der Waals surface area (Å²) in [5.74, 6) is -0.151. The Morgan fingerprint density at radius 2 is 1.83 bits per heavy atom. The second-order valence-corrected chi connectivity index (χ2v) is 7.54. The summed E-state index contributed by atoms with van der Waals surface area (Å²) in [5.41, 5.74) is 0.714. The molecule has 2 aromatic rings. The lowest BCUT2D eigenvalue weighted by molar-refractivity contribution is -0.116. The fraction of sp³-hybridized carbons (Fsp3) is 0.188. The Morgan fingerprint density at radius 1 is 1.13 bits per heavy atom. The van der Waals surface area contributed by atoms with Gasteiger partial charge in [0.25, 0.3) is 0 Å². The van der Waals surface area contributed by atoms with Crippen LogP contribution in [0.5, 0.6) is 0 Å². The monoisotopic (exact) mass is 396 g/mol. The third-order valence-corrected chi connectivity index (χ3v) is 5.15. The molecule has 0 unspecified atom stereocenters. The zero-order valence-electron chi connectivity index (χ0n) is 12.6. The predicted octanol–water partition coefficient (Wildman–Crippen LogP) is 2.78. The Hall–Kier alpha value is -1.70. The van der Waals surface area contributed by atoms with Crippen LogP contribution in [-0.4, -0.2) is 27.4 Å². The zero-order chi connectivity index (χ0) is 16.9. The van der Waals surface area contributed by atoms with Crippen molar-refractivity contribution in [3.05, 3.63) is 59.1 Å². The number of anilines is 1. The maximum Gasteiger partial charge on any atom is 0.240 e. The molecule has 0 heterocycles. The Kier molecular flexibility index (Phi) is 5.92. The molecule has 1 N–H and O–H groups in total. The van der Waals surface area contributed by atoms with E-state index in [4.69, 9.17) is 0 Å². The van der Waals surface area contributed by atoms with Crippen LogP contribution >= 0.6 is 15.9 Å². The van der Waals surface area contributed by atoms with Gasteiger partial charge in [-0.1, -0.05) is 40.2 Å². The first-order valence-electron chi connectivity index (χ1n) is 6.98. The number of halogens is 1. The molecule has 0 radical (unpaired) electrons. The second-order valence-electron chi connectivity index (χ2n) is 4.86. The lowest BCUT2D eigenvalue weighted by atomic mass is 10.3. The van der Waals surface area contributed by atoms with Crippen LogP contribution in [-0.2, 0) is 14.8 Å². The Bertz CT molecular complexity index is 779. The van der Waals surface area contributed by atoms with E-state index in [1.54, 1.807) is 24.3 Å². The molecule has 0 aromatic heterocycles. The quantitative estimate of drug-likeness (QED) is 0.815. The van der Waals surface area contributed by atoms with Gasteiger partial charge in [-0.15, -0.1) is 0 Å². The van der Waals surface area contributed by atoms with Gasteiger partial charge in [-0.05, 0) is 30.3 Å². The van der Waals surface area contributed by atoms with Crippen molar-refractivity contribution in [3.63, 3.8) is 0 Å². The fourth-order valence-electron chi connectivity index (χ4n) is 2.09. The number of benzene rings is 2. The van der Waals surface area contributed by atoms with Crippen molar-refractivity contribution in [1.29, 1.82) is 0 Å². The van der Waals surface area contributed by atoms with Crippen LogP contribution in [0.1, 0.15) is 6.92 Å². The third kappa shape index (κ3) is 4.89. The first-order valence-corrected chi connectivity index (χ1v) is 9.26. The van der Waals surface area contributed by atoms with E-state index in [0.717, 1.165) is 4.47 Å². The minimum absolute atomic E-state index is 0.128. The lowest BCUT2D eigenvalue weighted by Crippen LogP contribution is -2.37. The van der Waals surface area contributed by atoms with E-state index in [2.05, 4.69) is 20.7 Å². The summed E-state index contributed by atoms with van der Waals surface area (Å²) < 4.78 is 27.7. The number of hydrogen-bond acceptors (Lipinski definition) is 3. The number of carbonyl (C=O) groups is 1. The number of hydrogen-bond donors (Lipinski definition) is 1. The smallest absolute Gasteiger partial charge is 0.240 e. The molecule has 2 aromatic carbocycles. The minimum atomic E-state index is -3.57. The van der Waals surface area contributed by atoms with Crippen molar-refractivity contribution >= 4 is 37.5 Å². The van der Waals surface area contributed by atoms with Gasteiger partial charge in [0.05, 0.1) is 4.90 Å². The Balaban J connectivity index is 2.04. The van der Waals surface area contributed by atoms with E-state index in [0.29, 0.717) is 5.69 Å². The summed E-state index contributed by atoms with van der Waals surface area (Å²) in [7, 11) is -3.57. The SMILES string of the molecule is CC(=O)N(CCNS(=O)(=O)c1ccccc1)c1cccc(Br)c1. The molecule has 0 saturated carbocycles. The number of rotatable bonds is 6. The van der Waals surface area contributed by atoms with E-state index >= 15 is 0 Å². The molecule has 0 aliphatic heterocycles. The summed E-state index contributed by atoms with van der Waals surface area (Å²) in [6.45, 7) is 1.83. The van der Waals surface area contributed by atoms with Gasteiger partial charge in [-0.2, -0.15) is 0 Å². The Morgan fingerprint density at radius 3 is 2.43 bits per heavy atom. The van der Waals surface area contributed by atoms with Gasteiger partial charge in [-0.25, -0.2) is 13.1 Å². The number of carbonyl (C=O) groups excluding carboxylic acids is 1. The van der Waals surface area contributed by atoms with Crippen molar-refractivity contribution in [2.45, 2.75) is 11.8 Å². The average molecular weight is 397 g/mol. The van der Waals surface area contributed by atoms with Crippen molar-refractivity contribution in [3.8, 4) is 0 Å². The fourth-order valence-corrected chi connectivity index (χ4v) is 3.52. The second kappa shape index (κ2) is 7.72. The number of nitrogens with one attached hydrogen (secondary N) is 1. The highest BCUT2D eigenvalue weighted by Gasteiger charge is 2.15. The molecule has 0 aliphatic rings. The summed E-state index contributed by atoms with van der Waals surface area (Å²) in [6, 6.07) is 15.4.